The Kier molecular flexibility index (Phi) is 3.13. The molecule has 3 rings (SSSR count). The number of amides is 1. The molecular weight excluding hydrogens is 240 g/mol. The minimum atomic E-state index is 0.135. The first-order chi connectivity index (χ1) is 9.28. The van der Waals surface area contributed by atoms with Crippen molar-refractivity contribution in [3.05, 3.63) is 39.8 Å². The predicted molar refractivity (Wildman–Crippen MR) is 72.9 cm³/mol. The van der Waals surface area contributed by atoms with Crippen LogP contribution < -0.4 is 4.90 Å². The molecule has 0 saturated carbocycles. The van der Waals surface area contributed by atoms with Gasteiger partial charge < -0.3 is 4.90 Å². The van der Waals surface area contributed by atoms with Crippen LogP contribution in [0.15, 0.2) is 23.3 Å². The number of aryl methyl sites for hydroxylation is 2. The summed E-state index contributed by atoms with van der Waals surface area (Å²) in [4.78, 5) is 16.6. The van der Waals surface area contributed by atoms with E-state index in [1.54, 1.807) is 0 Å². The van der Waals surface area contributed by atoms with Gasteiger partial charge in [0.2, 0.25) is 5.91 Å². The predicted octanol–water partition coefficient (Wildman–Crippen LogP) is 2.84. The van der Waals surface area contributed by atoms with E-state index in [1.165, 1.54) is 17.5 Å². The Morgan fingerprint density at radius 1 is 1.37 bits per heavy atom. The van der Waals surface area contributed by atoms with Crippen LogP contribution in [0.4, 0.5) is 5.69 Å². The smallest absolute Gasteiger partial charge is 0.227 e. The summed E-state index contributed by atoms with van der Waals surface area (Å²) in [5.74, 6) is 0.285. The molecule has 0 radical (unpaired) electrons. The standard InChI is InChI=1S/C14H16N4O/c15-17-16-8-10-6-14(19)18(9-10)13-5-4-11-2-1-3-12(11)7-13/h4-5,7,10H,1-3,6,8-9H2. The van der Waals surface area contributed by atoms with Crippen LogP contribution >= 0.6 is 0 Å². The summed E-state index contributed by atoms with van der Waals surface area (Å²) in [6.07, 6.45) is 3.97. The van der Waals surface area contributed by atoms with Gasteiger partial charge in [-0.1, -0.05) is 11.2 Å². The van der Waals surface area contributed by atoms with Crippen LogP contribution in [0.1, 0.15) is 24.0 Å². The molecule has 0 N–H and O–H groups in total. The van der Waals surface area contributed by atoms with Crippen LogP contribution in [0.25, 0.3) is 10.4 Å². The average molecular weight is 256 g/mol. The highest BCUT2D eigenvalue weighted by molar-refractivity contribution is 5.95. The molecule has 1 heterocycles. The molecule has 0 spiro atoms. The van der Waals surface area contributed by atoms with Gasteiger partial charge in [0.25, 0.3) is 0 Å². The maximum Gasteiger partial charge on any atom is 0.227 e. The van der Waals surface area contributed by atoms with Gasteiger partial charge >= 0.3 is 0 Å². The molecule has 2 aliphatic rings. The number of carbonyl (C=O) groups excluding carboxylic acids is 1. The van der Waals surface area contributed by atoms with Gasteiger partial charge in [-0.05, 0) is 54.0 Å². The van der Waals surface area contributed by atoms with Crippen molar-refractivity contribution in [3.8, 4) is 0 Å². The van der Waals surface area contributed by atoms with Crippen LogP contribution in [0.3, 0.4) is 0 Å². The fourth-order valence-electron chi connectivity index (χ4n) is 3.03. The Morgan fingerprint density at radius 2 is 2.21 bits per heavy atom. The highest BCUT2D eigenvalue weighted by atomic mass is 16.2. The number of hydrogen-bond donors (Lipinski definition) is 0. The fraction of sp³-hybridized carbons (Fsp3) is 0.500. The lowest BCUT2D eigenvalue weighted by atomic mass is 10.1. The van der Waals surface area contributed by atoms with Crippen molar-refractivity contribution in [1.29, 1.82) is 0 Å². The van der Waals surface area contributed by atoms with E-state index in [2.05, 4.69) is 22.2 Å². The van der Waals surface area contributed by atoms with E-state index in [1.807, 2.05) is 11.0 Å². The molecule has 1 aromatic rings. The summed E-state index contributed by atoms with van der Waals surface area (Å²) >= 11 is 0. The number of rotatable bonds is 3. The number of nitrogens with zero attached hydrogens (tertiary/aromatic N) is 4. The molecule has 0 bridgehead atoms. The lowest BCUT2D eigenvalue weighted by Gasteiger charge is -2.17. The summed E-state index contributed by atoms with van der Waals surface area (Å²) in [7, 11) is 0. The van der Waals surface area contributed by atoms with Gasteiger partial charge in [-0.25, -0.2) is 0 Å². The third-order valence-electron chi connectivity index (χ3n) is 4.00. The van der Waals surface area contributed by atoms with Gasteiger partial charge in [0, 0.05) is 30.1 Å². The van der Waals surface area contributed by atoms with E-state index in [0.29, 0.717) is 19.5 Å². The van der Waals surface area contributed by atoms with E-state index < -0.39 is 0 Å². The van der Waals surface area contributed by atoms with Crippen molar-refractivity contribution in [2.45, 2.75) is 25.7 Å². The van der Waals surface area contributed by atoms with Crippen LogP contribution in [0, 0.1) is 5.92 Å². The van der Waals surface area contributed by atoms with Gasteiger partial charge in [0.05, 0.1) is 0 Å². The average Bonchev–Trinajstić information content (AvgIpc) is 3.01. The Bertz CT molecular complexity index is 563. The van der Waals surface area contributed by atoms with Crippen molar-refractivity contribution in [2.75, 3.05) is 18.0 Å². The molecule has 5 nitrogen and oxygen atoms in total. The van der Waals surface area contributed by atoms with E-state index >= 15 is 0 Å². The second-order valence-corrected chi connectivity index (χ2v) is 5.29. The fourth-order valence-corrected chi connectivity index (χ4v) is 3.03. The highest BCUT2D eigenvalue weighted by Gasteiger charge is 2.30. The molecule has 19 heavy (non-hydrogen) atoms. The third kappa shape index (κ3) is 2.29. The zero-order valence-electron chi connectivity index (χ0n) is 10.7. The van der Waals surface area contributed by atoms with E-state index in [0.717, 1.165) is 18.5 Å². The van der Waals surface area contributed by atoms with Crippen molar-refractivity contribution in [1.82, 2.24) is 0 Å². The molecule has 1 amide bonds. The minimum Gasteiger partial charge on any atom is -0.312 e. The maximum absolute atomic E-state index is 12.0. The number of anilines is 1. The van der Waals surface area contributed by atoms with Crippen molar-refractivity contribution < 1.29 is 4.79 Å². The zero-order valence-corrected chi connectivity index (χ0v) is 10.7. The largest absolute Gasteiger partial charge is 0.312 e. The number of fused-ring (bicyclic) bond motifs is 1. The summed E-state index contributed by atoms with van der Waals surface area (Å²) in [5.41, 5.74) is 12.1. The van der Waals surface area contributed by atoms with E-state index in [9.17, 15) is 4.79 Å². The highest BCUT2D eigenvalue weighted by Crippen LogP contribution is 2.30. The molecule has 1 fully saturated rings. The summed E-state index contributed by atoms with van der Waals surface area (Å²) in [6.45, 7) is 1.07. The van der Waals surface area contributed by atoms with Crippen LogP contribution in [0.5, 0.6) is 0 Å². The Hall–Kier alpha value is -2.00. The van der Waals surface area contributed by atoms with Crippen LogP contribution in [-0.2, 0) is 17.6 Å². The topological polar surface area (TPSA) is 69.1 Å². The van der Waals surface area contributed by atoms with Gasteiger partial charge in [-0.3, -0.25) is 4.79 Å². The van der Waals surface area contributed by atoms with Gasteiger partial charge in [-0.2, -0.15) is 0 Å². The quantitative estimate of drug-likeness (QED) is 0.465. The molecule has 1 aliphatic heterocycles. The number of benzene rings is 1. The maximum atomic E-state index is 12.0. The van der Waals surface area contributed by atoms with E-state index in [4.69, 9.17) is 5.53 Å². The van der Waals surface area contributed by atoms with Gasteiger partial charge in [0.1, 0.15) is 0 Å². The third-order valence-corrected chi connectivity index (χ3v) is 4.00. The molecule has 5 heteroatoms. The summed E-state index contributed by atoms with van der Waals surface area (Å²) in [5, 5.41) is 3.58. The Balaban J connectivity index is 1.79. The Labute approximate surface area is 111 Å². The van der Waals surface area contributed by atoms with Gasteiger partial charge in [0.15, 0.2) is 0 Å². The molecule has 1 aromatic carbocycles. The Morgan fingerprint density at radius 3 is 3.05 bits per heavy atom. The second kappa shape index (κ2) is 4.94. The molecule has 0 aromatic heterocycles. The normalized spacial score (nSPS) is 21.4. The van der Waals surface area contributed by atoms with Gasteiger partial charge in [-0.15, -0.1) is 0 Å². The lowest BCUT2D eigenvalue weighted by molar-refractivity contribution is -0.117. The number of hydrogen-bond acceptors (Lipinski definition) is 2. The van der Waals surface area contributed by atoms with Crippen LogP contribution in [-0.4, -0.2) is 19.0 Å². The molecule has 1 atom stereocenters. The first-order valence-corrected chi connectivity index (χ1v) is 6.71. The minimum absolute atomic E-state index is 0.135. The molecule has 98 valence electrons. The second-order valence-electron chi connectivity index (χ2n) is 5.29. The molecule has 1 saturated heterocycles. The molecule has 1 aliphatic carbocycles. The number of azide groups is 1. The summed E-state index contributed by atoms with van der Waals surface area (Å²) in [6, 6.07) is 6.33. The van der Waals surface area contributed by atoms with Crippen molar-refractivity contribution >= 4 is 11.6 Å². The SMILES string of the molecule is [N-]=[N+]=NCC1CC(=O)N(c2ccc3c(c2)CCC3)C1. The first-order valence-electron chi connectivity index (χ1n) is 6.71. The number of carbonyl (C=O) groups is 1. The molecular formula is C14H16N4O. The van der Waals surface area contributed by atoms with Crippen molar-refractivity contribution in [2.24, 2.45) is 11.0 Å². The first kappa shape index (κ1) is 12.1. The summed E-state index contributed by atoms with van der Waals surface area (Å²) < 4.78 is 0. The lowest BCUT2D eigenvalue weighted by Crippen LogP contribution is -2.24. The zero-order chi connectivity index (χ0) is 13.2. The van der Waals surface area contributed by atoms with Crippen molar-refractivity contribution in [3.63, 3.8) is 0 Å². The molecule has 1 unspecified atom stereocenters. The van der Waals surface area contributed by atoms with E-state index in [-0.39, 0.29) is 11.8 Å². The monoisotopic (exact) mass is 256 g/mol. The van der Waals surface area contributed by atoms with Crippen LogP contribution in [0.2, 0.25) is 0 Å².